The van der Waals surface area contributed by atoms with Crippen molar-refractivity contribution in [1.29, 1.82) is 0 Å². The summed E-state index contributed by atoms with van der Waals surface area (Å²) in [6.45, 7) is 8.37. The van der Waals surface area contributed by atoms with Crippen LogP contribution in [0.2, 0.25) is 0 Å². The summed E-state index contributed by atoms with van der Waals surface area (Å²) in [7, 11) is 1.57. The molecule has 0 unspecified atom stereocenters. The van der Waals surface area contributed by atoms with Crippen molar-refractivity contribution >= 4 is 25.6 Å². The number of likely N-dealkylation sites (tertiary alicyclic amines) is 1. The monoisotopic (exact) mass is 329 g/mol. The summed E-state index contributed by atoms with van der Waals surface area (Å²) < 4.78 is 23.1. The fraction of sp³-hybridized carbons (Fsp3) is 0.533. The number of rotatable bonds is 2. The van der Waals surface area contributed by atoms with Gasteiger partial charge >= 0.3 is 0 Å². The molecule has 116 valence electrons. The fourth-order valence-corrected chi connectivity index (χ4v) is 3.66. The Bertz CT molecular complexity index is 695. The van der Waals surface area contributed by atoms with E-state index in [0.717, 1.165) is 24.0 Å². The van der Waals surface area contributed by atoms with Crippen LogP contribution in [0.15, 0.2) is 17.0 Å². The van der Waals surface area contributed by atoms with Gasteiger partial charge in [0.25, 0.3) is 15.0 Å². The van der Waals surface area contributed by atoms with Crippen molar-refractivity contribution in [3.63, 3.8) is 0 Å². The van der Waals surface area contributed by atoms with Gasteiger partial charge in [-0.05, 0) is 63.8 Å². The second kappa shape index (κ2) is 5.29. The number of halogens is 1. The van der Waals surface area contributed by atoms with Crippen LogP contribution in [0.3, 0.4) is 0 Å². The van der Waals surface area contributed by atoms with Gasteiger partial charge in [0.05, 0.1) is 4.90 Å². The highest BCUT2D eigenvalue weighted by atomic mass is 35.7. The number of aryl methyl sites for hydroxylation is 1. The summed E-state index contributed by atoms with van der Waals surface area (Å²) in [5, 5.41) is 0. The molecule has 0 aromatic heterocycles. The molecule has 0 spiro atoms. The number of carbonyl (C=O) groups is 1. The Morgan fingerprint density at radius 2 is 1.90 bits per heavy atom. The molecule has 1 aliphatic heterocycles. The molecular formula is C15H20ClNO3S. The van der Waals surface area contributed by atoms with Crippen molar-refractivity contribution < 1.29 is 13.2 Å². The van der Waals surface area contributed by atoms with Crippen molar-refractivity contribution in [1.82, 2.24) is 4.90 Å². The Morgan fingerprint density at radius 3 is 2.38 bits per heavy atom. The molecule has 1 amide bonds. The van der Waals surface area contributed by atoms with Crippen molar-refractivity contribution in [2.75, 3.05) is 6.54 Å². The fourth-order valence-electron chi connectivity index (χ4n) is 2.82. The highest BCUT2D eigenvalue weighted by Crippen LogP contribution is 2.31. The molecule has 1 aliphatic rings. The van der Waals surface area contributed by atoms with Crippen LogP contribution < -0.4 is 0 Å². The molecule has 0 N–H and O–H groups in total. The molecule has 21 heavy (non-hydrogen) atoms. The van der Waals surface area contributed by atoms with E-state index in [2.05, 4.69) is 0 Å². The quantitative estimate of drug-likeness (QED) is 0.783. The standard InChI is InChI=1S/C15H20ClNO3S/c1-10-8-12(21(16,19)20)9-13(11(10)2)14(18)17-7-5-6-15(17,3)4/h8-9H,5-7H2,1-4H3. The van der Waals surface area contributed by atoms with E-state index in [0.29, 0.717) is 12.1 Å². The molecule has 0 atom stereocenters. The van der Waals surface area contributed by atoms with Gasteiger partial charge in [0.15, 0.2) is 0 Å². The number of nitrogens with zero attached hydrogens (tertiary/aromatic N) is 1. The van der Waals surface area contributed by atoms with E-state index < -0.39 is 9.05 Å². The lowest BCUT2D eigenvalue weighted by atomic mass is 9.98. The number of hydrogen-bond acceptors (Lipinski definition) is 3. The van der Waals surface area contributed by atoms with E-state index in [1.54, 1.807) is 6.92 Å². The van der Waals surface area contributed by atoms with Crippen molar-refractivity contribution in [3.8, 4) is 0 Å². The Labute approximate surface area is 130 Å². The molecule has 1 saturated heterocycles. The molecule has 4 nitrogen and oxygen atoms in total. The van der Waals surface area contributed by atoms with Gasteiger partial charge in [-0.15, -0.1) is 0 Å². The van der Waals surface area contributed by atoms with Gasteiger partial charge in [0, 0.05) is 28.3 Å². The van der Waals surface area contributed by atoms with Crippen LogP contribution in [0.4, 0.5) is 0 Å². The zero-order chi connectivity index (χ0) is 16.0. The van der Waals surface area contributed by atoms with Gasteiger partial charge in [0.2, 0.25) is 0 Å². The van der Waals surface area contributed by atoms with Crippen LogP contribution in [0.5, 0.6) is 0 Å². The third-order valence-corrected chi connectivity index (χ3v) is 5.63. The molecule has 1 aromatic carbocycles. The minimum Gasteiger partial charge on any atom is -0.334 e. The molecule has 6 heteroatoms. The van der Waals surface area contributed by atoms with Crippen LogP contribution >= 0.6 is 10.7 Å². The van der Waals surface area contributed by atoms with E-state index >= 15 is 0 Å². The first kappa shape index (κ1) is 16.3. The molecule has 0 aliphatic carbocycles. The third kappa shape index (κ3) is 3.09. The minimum atomic E-state index is -3.85. The first-order valence-corrected chi connectivity index (χ1v) is 9.23. The van der Waals surface area contributed by atoms with E-state index in [1.807, 2.05) is 25.7 Å². The highest BCUT2D eigenvalue weighted by Gasteiger charge is 2.36. The Kier molecular flexibility index (Phi) is 4.10. The summed E-state index contributed by atoms with van der Waals surface area (Å²) in [5.41, 5.74) is 1.76. The lowest BCUT2D eigenvalue weighted by molar-refractivity contribution is 0.0651. The van der Waals surface area contributed by atoms with Gasteiger partial charge < -0.3 is 4.90 Å². The summed E-state index contributed by atoms with van der Waals surface area (Å²) in [6, 6.07) is 2.89. The second-order valence-corrected chi connectivity index (χ2v) is 8.79. The van der Waals surface area contributed by atoms with E-state index in [9.17, 15) is 13.2 Å². The zero-order valence-electron chi connectivity index (χ0n) is 12.7. The van der Waals surface area contributed by atoms with Crippen molar-refractivity contribution in [2.24, 2.45) is 0 Å². The minimum absolute atomic E-state index is 0.0207. The molecular weight excluding hydrogens is 310 g/mol. The molecule has 0 radical (unpaired) electrons. The second-order valence-electron chi connectivity index (χ2n) is 6.22. The lowest BCUT2D eigenvalue weighted by Crippen LogP contribution is -2.43. The number of carbonyl (C=O) groups excluding carboxylic acids is 1. The lowest BCUT2D eigenvalue weighted by Gasteiger charge is -2.32. The molecule has 0 saturated carbocycles. The number of benzene rings is 1. The maximum absolute atomic E-state index is 12.8. The highest BCUT2D eigenvalue weighted by molar-refractivity contribution is 8.13. The third-order valence-electron chi connectivity index (χ3n) is 4.30. The van der Waals surface area contributed by atoms with Crippen LogP contribution in [-0.4, -0.2) is 31.3 Å². The Morgan fingerprint density at radius 1 is 1.29 bits per heavy atom. The smallest absolute Gasteiger partial charge is 0.261 e. The van der Waals surface area contributed by atoms with Gasteiger partial charge in [-0.2, -0.15) is 0 Å². The maximum atomic E-state index is 12.8. The van der Waals surface area contributed by atoms with Crippen LogP contribution in [-0.2, 0) is 9.05 Å². The normalized spacial score (nSPS) is 18.0. The summed E-state index contributed by atoms with van der Waals surface area (Å²) in [6.07, 6.45) is 1.91. The average molecular weight is 330 g/mol. The Balaban J connectivity index is 2.53. The van der Waals surface area contributed by atoms with E-state index in [-0.39, 0.29) is 16.3 Å². The van der Waals surface area contributed by atoms with Crippen LogP contribution in [0.25, 0.3) is 0 Å². The van der Waals surface area contributed by atoms with Crippen LogP contribution in [0, 0.1) is 13.8 Å². The number of hydrogen-bond donors (Lipinski definition) is 0. The topological polar surface area (TPSA) is 54.5 Å². The summed E-state index contributed by atoms with van der Waals surface area (Å²) in [4.78, 5) is 14.6. The first-order valence-electron chi connectivity index (χ1n) is 6.92. The van der Waals surface area contributed by atoms with Crippen molar-refractivity contribution in [2.45, 2.75) is 51.0 Å². The van der Waals surface area contributed by atoms with Gasteiger partial charge in [-0.3, -0.25) is 4.79 Å². The average Bonchev–Trinajstić information content (AvgIpc) is 2.70. The molecule has 1 fully saturated rings. The largest absolute Gasteiger partial charge is 0.334 e. The molecule has 1 heterocycles. The maximum Gasteiger partial charge on any atom is 0.261 e. The van der Waals surface area contributed by atoms with Crippen LogP contribution in [0.1, 0.15) is 48.2 Å². The van der Waals surface area contributed by atoms with E-state index in [1.165, 1.54) is 12.1 Å². The predicted octanol–water partition coefficient (Wildman–Crippen LogP) is 3.25. The summed E-state index contributed by atoms with van der Waals surface area (Å²) in [5.74, 6) is -0.125. The Hall–Kier alpha value is -1.07. The van der Waals surface area contributed by atoms with Gasteiger partial charge in [0.1, 0.15) is 0 Å². The molecule has 1 aromatic rings. The zero-order valence-corrected chi connectivity index (χ0v) is 14.3. The summed E-state index contributed by atoms with van der Waals surface area (Å²) >= 11 is 0. The number of amides is 1. The van der Waals surface area contributed by atoms with Gasteiger partial charge in [-0.1, -0.05) is 0 Å². The van der Waals surface area contributed by atoms with Crippen molar-refractivity contribution in [3.05, 3.63) is 28.8 Å². The predicted molar refractivity (Wildman–Crippen MR) is 83.3 cm³/mol. The van der Waals surface area contributed by atoms with Gasteiger partial charge in [-0.25, -0.2) is 8.42 Å². The first-order chi connectivity index (χ1) is 9.54. The molecule has 0 bridgehead atoms. The van der Waals surface area contributed by atoms with E-state index in [4.69, 9.17) is 10.7 Å². The SMILES string of the molecule is Cc1cc(S(=O)(=O)Cl)cc(C(=O)N2CCCC2(C)C)c1C. The molecule has 2 rings (SSSR count).